The molecule has 1 aromatic carbocycles. The van der Waals surface area contributed by atoms with Crippen molar-refractivity contribution in [1.29, 1.82) is 5.53 Å². The summed E-state index contributed by atoms with van der Waals surface area (Å²) in [4.78, 5) is 0. The normalized spacial score (nSPS) is 13.3. The Morgan fingerprint density at radius 3 is 2.62 bits per heavy atom. The second-order valence-corrected chi connectivity index (χ2v) is 3.39. The van der Waals surface area contributed by atoms with Crippen molar-refractivity contribution in [3.05, 3.63) is 35.6 Å². The maximum atomic E-state index is 12.7. The molecule has 0 bridgehead atoms. The van der Waals surface area contributed by atoms with Crippen molar-refractivity contribution in [2.24, 2.45) is 15.9 Å². The van der Waals surface area contributed by atoms with Crippen molar-refractivity contribution >= 4 is 5.84 Å². The highest BCUT2D eigenvalue weighted by molar-refractivity contribution is 5.98. The fourth-order valence-electron chi connectivity index (χ4n) is 1.02. The van der Waals surface area contributed by atoms with Gasteiger partial charge in [-0.2, -0.15) is 5.10 Å². The molecule has 16 heavy (non-hydrogen) atoms. The smallest absolute Gasteiger partial charge is 0.200 e. The van der Waals surface area contributed by atoms with Crippen molar-refractivity contribution in [2.45, 2.75) is 13.0 Å². The Balaban J connectivity index is 2.73. The lowest BCUT2D eigenvalue weighted by molar-refractivity contribution is 0.627. The first-order valence-electron chi connectivity index (χ1n) is 4.83. The fourth-order valence-corrected chi connectivity index (χ4v) is 1.02. The van der Waals surface area contributed by atoms with Gasteiger partial charge >= 0.3 is 0 Å². The Morgan fingerprint density at radius 2 is 2.12 bits per heavy atom. The third-order valence-corrected chi connectivity index (χ3v) is 1.81. The van der Waals surface area contributed by atoms with Gasteiger partial charge in [-0.15, -0.1) is 5.11 Å². The maximum absolute atomic E-state index is 12.7. The van der Waals surface area contributed by atoms with Crippen LogP contribution in [0, 0.1) is 11.3 Å². The van der Waals surface area contributed by atoms with E-state index in [4.69, 9.17) is 11.3 Å². The first-order chi connectivity index (χ1) is 7.63. The van der Waals surface area contributed by atoms with Gasteiger partial charge in [0, 0.05) is 18.2 Å². The summed E-state index contributed by atoms with van der Waals surface area (Å²) >= 11 is 0. The van der Waals surface area contributed by atoms with Crippen LogP contribution < -0.4 is 11.2 Å². The largest absolute Gasteiger partial charge is 0.326 e. The second kappa shape index (κ2) is 5.92. The van der Waals surface area contributed by atoms with Crippen LogP contribution in [0.4, 0.5) is 4.39 Å². The first-order valence-corrected chi connectivity index (χ1v) is 4.83. The molecule has 86 valence electrons. The van der Waals surface area contributed by atoms with E-state index in [2.05, 4.69) is 15.6 Å². The van der Waals surface area contributed by atoms with Gasteiger partial charge in [-0.1, -0.05) is 0 Å². The molecule has 0 saturated carbocycles. The molecule has 0 heterocycles. The summed E-state index contributed by atoms with van der Waals surface area (Å²) in [6, 6.07) is 5.58. The lowest BCUT2D eigenvalue weighted by Gasteiger charge is -2.04. The highest BCUT2D eigenvalue weighted by Crippen LogP contribution is 2.04. The predicted octanol–water partition coefficient (Wildman–Crippen LogP) is 1.46. The number of hydrazone groups is 1. The molecule has 0 aliphatic rings. The zero-order valence-corrected chi connectivity index (χ0v) is 8.94. The molecule has 0 unspecified atom stereocenters. The minimum atomic E-state index is -0.336. The third kappa shape index (κ3) is 3.74. The van der Waals surface area contributed by atoms with E-state index in [0.29, 0.717) is 12.1 Å². The standard InChI is InChI=1S/C10H14FN5/c1-7(12)6-14-16-10(15-13)8-2-4-9(11)5-3-8/h2-5,7,13-14H,6,12H2,1H3/b15-13?,16-10-/t7-/m0/s1. The van der Waals surface area contributed by atoms with E-state index in [1.165, 1.54) is 24.3 Å². The highest BCUT2D eigenvalue weighted by atomic mass is 19.1. The van der Waals surface area contributed by atoms with Gasteiger partial charge in [0.15, 0.2) is 5.84 Å². The van der Waals surface area contributed by atoms with Crippen LogP contribution in [0.2, 0.25) is 0 Å². The van der Waals surface area contributed by atoms with E-state index >= 15 is 0 Å². The topological polar surface area (TPSA) is 86.6 Å². The molecule has 0 saturated heterocycles. The summed E-state index contributed by atoms with van der Waals surface area (Å²) in [7, 11) is 0. The van der Waals surface area contributed by atoms with Gasteiger partial charge < -0.3 is 11.2 Å². The summed E-state index contributed by atoms with van der Waals surface area (Å²) < 4.78 is 12.7. The zero-order valence-electron chi connectivity index (χ0n) is 8.94. The fraction of sp³-hybridized carbons (Fsp3) is 0.300. The van der Waals surface area contributed by atoms with E-state index in [-0.39, 0.29) is 17.7 Å². The van der Waals surface area contributed by atoms with Gasteiger partial charge in [-0.05, 0) is 31.2 Å². The van der Waals surface area contributed by atoms with Crippen molar-refractivity contribution in [2.75, 3.05) is 6.54 Å². The summed E-state index contributed by atoms with van der Waals surface area (Å²) in [6.45, 7) is 2.32. The predicted molar refractivity (Wildman–Crippen MR) is 59.7 cm³/mol. The van der Waals surface area contributed by atoms with Gasteiger partial charge in [0.05, 0.1) is 0 Å². The average Bonchev–Trinajstić information content (AvgIpc) is 2.26. The molecular formula is C10H14FN5. The van der Waals surface area contributed by atoms with Crippen molar-refractivity contribution in [1.82, 2.24) is 5.43 Å². The van der Waals surface area contributed by atoms with E-state index in [1.807, 2.05) is 6.92 Å². The Bertz CT molecular complexity index is 371. The number of nitrogens with zero attached hydrogens (tertiary/aromatic N) is 2. The maximum Gasteiger partial charge on any atom is 0.200 e. The Kier molecular flexibility index (Phi) is 4.53. The molecule has 0 fully saturated rings. The average molecular weight is 223 g/mol. The second-order valence-electron chi connectivity index (χ2n) is 3.39. The minimum absolute atomic E-state index is 0.0380. The molecule has 0 aliphatic carbocycles. The van der Waals surface area contributed by atoms with Gasteiger partial charge in [0.25, 0.3) is 0 Å². The van der Waals surface area contributed by atoms with Crippen LogP contribution in [0.5, 0.6) is 0 Å². The van der Waals surface area contributed by atoms with Crippen LogP contribution in [0.15, 0.2) is 34.5 Å². The van der Waals surface area contributed by atoms with E-state index < -0.39 is 0 Å². The molecule has 0 spiro atoms. The molecule has 0 aromatic heterocycles. The lowest BCUT2D eigenvalue weighted by atomic mass is 10.2. The third-order valence-electron chi connectivity index (χ3n) is 1.81. The van der Waals surface area contributed by atoms with E-state index in [0.717, 1.165) is 0 Å². The van der Waals surface area contributed by atoms with Gasteiger partial charge in [0.1, 0.15) is 5.82 Å². The molecular weight excluding hydrogens is 209 g/mol. The molecule has 0 amide bonds. The minimum Gasteiger partial charge on any atom is -0.326 e. The number of benzene rings is 1. The Hall–Kier alpha value is -1.82. The Labute approximate surface area is 93.0 Å². The first kappa shape index (κ1) is 12.3. The quantitative estimate of drug-likeness (QED) is 0.312. The SMILES string of the molecule is C[C@H](N)CN/N=C(\N=N)c1ccc(F)cc1. The summed E-state index contributed by atoms with van der Waals surface area (Å²) in [5.74, 6) is -0.141. The molecule has 5 nitrogen and oxygen atoms in total. The number of rotatable bonds is 4. The van der Waals surface area contributed by atoms with Crippen LogP contribution in [0.25, 0.3) is 0 Å². The van der Waals surface area contributed by atoms with Crippen molar-refractivity contribution < 1.29 is 4.39 Å². The number of hydrogen-bond acceptors (Lipinski definition) is 4. The summed E-state index contributed by atoms with van der Waals surface area (Å²) in [6.07, 6.45) is 0. The van der Waals surface area contributed by atoms with Gasteiger partial charge in [-0.25, -0.2) is 9.92 Å². The number of halogens is 1. The summed E-state index contributed by atoms with van der Waals surface area (Å²) in [5.41, 5.74) is 15.8. The van der Waals surface area contributed by atoms with E-state index in [9.17, 15) is 4.39 Å². The number of amidine groups is 1. The van der Waals surface area contributed by atoms with E-state index in [1.54, 1.807) is 0 Å². The zero-order chi connectivity index (χ0) is 12.0. The van der Waals surface area contributed by atoms with Crippen LogP contribution in [-0.2, 0) is 0 Å². The van der Waals surface area contributed by atoms with Crippen molar-refractivity contribution in [3.8, 4) is 0 Å². The molecule has 0 aliphatic heterocycles. The number of hydrogen-bond donors (Lipinski definition) is 3. The van der Waals surface area contributed by atoms with Crippen LogP contribution in [0.1, 0.15) is 12.5 Å². The molecule has 4 N–H and O–H groups in total. The molecule has 1 atom stereocenters. The van der Waals surface area contributed by atoms with Crippen molar-refractivity contribution in [3.63, 3.8) is 0 Å². The highest BCUT2D eigenvalue weighted by Gasteiger charge is 2.02. The van der Waals surface area contributed by atoms with Crippen LogP contribution in [-0.4, -0.2) is 18.4 Å². The molecule has 1 aromatic rings. The van der Waals surface area contributed by atoms with Gasteiger partial charge in [-0.3, -0.25) is 0 Å². The summed E-state index contributed by atoms with van der Waals surface area (Å²) in [5, 5.41) is 7.15. The number of nitrogens with one attached hydrogen (secondary N) is 2. The van der Waals surface area contributed by atoms with Crippen LogP contribution >= 0.6 is 0 Å². The lowest BCUT2D eigenvalue weighted by Crippen LogP contribution is -2.28. The van der Waals surface area contributed by atoms with Gasteiger partial charge in [0.2, 0.25) is 0 Å². The van der Waals surface area contributed by atoms with Crippen LogP contribution in [0.3, 0.4) is 0 Å². The Morgan fingerprint density at radius 1 is 1.50 bits per heavy atom. The molecule has 6 heteroatoms. The molecule has 1 rings (SSSR count). The number of nitrogens with two attached hydrogens (primary N) is 1. The molecule has 0 radical (unpaired) electrons. The monoisotopic (exact) mass is 223 g/mol.